The minimum absolute atomic E-state index is 0.0212. The molecule has 1 fully saturated rings. The lowest BCUT2D eigenvalue weighted by atomic mass is 10.0. The van der Waals surface area contributed by atoms with Gasteiger partial charge in [-0.05, 0) is 75.7 Å². The topological polar surface area (TPSA) is 50.2 Å². The number of hydrogen-bond donors (Lipinski definition) is 1. The number of carbonyl (C=O) groups is 1. The van der Waals surface area contributed by atoms with E-state index in [-0.39, 0.29) is 17.8 Å². The zero-order valence-electron chi connectivity index (χ0n) is 17.7. The van der Waals surface area contributed by atoms with Crippen molar-refractivity contribution in [2.45, 2.75) is 32.7 Å². The average molecular weight is 441 g/mol. The second-order valence-corrected chi connectivity index (χ2v) is 8.33. The fraction of sp³-hybridized carbons (Fsp3) is 0.333. The van der Waals surface area contributed by atoms with Crippen LogP contribution in [0.5, 0.6) is 0 Å². The first-order valence-electron chi connectivity index (χ1n) is 10.5. The van der Waals surface area contributed by atoms with Gasteiger partial charge in [-0.3, -0.25) is 9.69 Å². The fourth-order valence-corrected chi connectivity index (χ4v) is 4.58. The molecule has 0 aliphatic carbocycles. The summed E-state index contributed by atoms with van der Waals surface area (Å²) in [6, 6.07) is 13.9. The molecule has 0 spiro atoms. The molecule has 3 aromatic rings. The number of aryl methyl sites for hydroxylation is 1. The Labute approximate surface area is 186 Å². The maximum atomic E-state index is 13.3. The van der Waals surface area contributed by atoms with Crippen LogP contribution in [0.15, 0.2) is 48.5 Å². The predicted molar refractivity (Wildman–Crippen MR) is 120 cm³/mol. The van der Waals surface area contributed by atoms with Crippen LogP contribution in [0.2, 0.25) is 5.02 Å². The van der Waals surface area contributed by atoms with Gasteiger partial charge in [-0.2, -0.15) is 5.10 Å². The van der Waals surface area contributed by atoms with Crippen LogP contribution >= 0.6 is 11.6 Å². The third kappa shape index (κ3) is 4.50. The summed E-state index contributed by atoms with van der Waals surface area (Å²) < 4.78 is 15.0. The second kappa shape index (κ2) is 9.20. The smallest absolute Gasteiger partial charge is 0.255 e. The van der Waals surface area contributed by atoms with Crippen LogP contribution in [-0.4, -0.2) is 40.2 Å². The van der Waals surface area contributed by atoms with Crippen molar-refractivity contribution in [3.05, 3.63) is 81.9 Å². The van der Waals surface area contributed by atoms with Gasteiger partial charge in [0.05, 0.1) is 28.7 Å². The lowest BCUT2D eigenvalue weighted by molar-refractivity contribution is 0.0936. The minimum Gasteiger partial charge on any atom is -0.350 e. The number of nitrogens with one attached hydrogen (secondary N) is 1. The Bertz CT molecular complexity index is 1070. The van der Waals surface area contributed by atoms with E-state index in [4.69, 9.17) is 11.6 Å². The van der Waals surface area contributed by atoms with Crippen LogP contribution < -0.4 is 5.32 Å². The average Bonchev–Trinajstić information content (AvgIpc) is 3.38. The van der Waals surface area contributed by atoms with Crippen molar-refractivity contribution in [3.63, 3.8) is 0 Å². The van der Waals surface area contributed by atoms with Gasteiger partial charge in [-0.25, -0.2) is 9.07 Å². The molecule has 1 aliphatic rings. The molecule has 1 aliphatic heterocycles. The normalized spacial score (nSPS) is 15.2. The van der Waals surface area contributed by atoms with Crippen molar-refractivity contribution in [1.82, 2.24) is 20.0 Å². The Morgan fingerprint density at radius 1 is 1.13 bits per heavy atom. The standard InChI is InChI=1S/C24H26ClFN4O/c1-16-23(17(2)30(28-16)19-11-9-18(26)10-12-19)24(31)27-15-22(29-13-5-6-14-29)20-7-3-4-8-21(20)25/h3-4,7-12,22H,5-6,13-15H2,1-2H3,(H,27,31)/t22-/m1/s1. The highest BCUT2D eigenvalue weighted by molar-refractivity contribution is 6.31. The molecule has 0 saturated carbocycles. The van der Waals surface area contributed by atoms with Gasteiger partial charge in [0.1, 0.15) is 5.82 Å². The zero-order valence-corrected chi connectivity index (χ0v) is 18.5. The Balaban J connectivity index is 1.56. The molecule has 31 heavy (non-hydrogen) atoms. The summed E-state index contributed by atoms with van der Waals surface area (Å²) >= 11 is 6.48. The summed E-state index contributed by atoms with van der Waals surface area (Å²) in [6.45, 7) is 6.11. The van der Waals surface area contributed by atoms with Crippen LogP contribution in [0.25, 0.3) is 5.69 Å². The molecule has 1 N–H and O–H groups in total. The monoisotopic (exact) mass is 440 g/mol. The highest BCUT2D eigenvalue weighted by atomic mass is 35.5. The number of carbonyl (C=O) groups excluding carboxylic acids is 1. The predicted octanol–water partition coefficient (Wildman–Crippen LogP) is 4.85. The van der Waals surface area contributed by atoms with E-state index in [1.807, 2.05) is 38.1 Å². The van der Waals surface area contributed by atoms with Gasteiger partial charge in [-0.1, -0.05) is 29.8 Å². The van der Waals surface area contributed by atoms with Crippen LogP contribution in [0, 0.1) is 19.7 Å². The molecule has 1 atom stereocenters. The van der Waals surface area contributed by atoms with Gasteiger partial charge < -0.3 is 5.32 Å². The highest BCUT2D eigenvalue weighted by Crippen LogP contribution is 2.30. The van der Waals surface area contributed by atoms with E-state index in [1.54, 1.807) is 16.8 Å². The Hall–Kier alpha value is -2.70. The number of nitrogens with zero attached hydrogens (tertiary/aromatic N) is 3. The van der Waals surface area contributed by atoms with Crippen molar-refractivity contribution < 1.29 is 9.18 Å². The third-order valence-corrected chi connectivity index (χ3v) is 6.24. The van der Waals surface area contributed by atoms with Crippen molar-refractivity contribution in [2.75, 3.05) is 19.6 Å². The van der Waals surface area contributed by atoms with E-state index in [0.29, 0.717) is 28.5 Å². The molecule has 2 heterocycles. The lowest BCUT2D eigenvalue weighted by Crippen LogP contribution is -2.37. The molecular formula is C24H26ClFN4O. The fourth-order valence-electron chi connectivity index (χ4n) is 4.32. The van der Waals surface area contributed by atoms with Crippen LogP contribution in [0.3, 0.4) is 0 Å². The molecular weight excluding hydrogens is 415 g/mol. The lowest BCUT2D eigenvalue weighted by Gasteiger charge is -2.29. The van der Waals surface area contributed by atoms with E-state index >= 15 is 0 Å². The van der Waals surface area contributed by atoms with E-state index in [0.717, 1.165) is 37.2 Å². The van der Waals surface area contributed by atoms with E-state index in [9.17, 15) is 9.18 Å². The highest BCUT2D eigenvalue weighted by Gasteiger charge is 2.27. The molecule has 162 valence electrons. The molecule has 0 bridgehead atoms. The number of benzene rings is 2. The van der Waals surface area contributed by atoms with Gasteiger partial charge in [-0.15, -0.1) is 0 Å². The quantitative estimate of drug-likeness (QED) is 0.596. The number of amides is 1. The maximum Gasteiger partial charge on any atom is 0.255 e. The molecule has 1 amide bonds. The molecule has 2 aromatic carbocycles. The molecule has 7 heteroatoms. The summed E-state index contributed by atoms with van der Waals surface area (Å²) in [5.41, 5.74) is 3.64. The summed E-state index contributed by atoms with van der Waals surface area (Å²) in [5.74, 6) is -0.476. The summed E-state index contributed by atoms with van der Waals surface area (Å²) in [6.07, 6.45) is 2.30. The zero-order chi connectivity index (χ0) is 22.0. The SMILES string of the molecule is Cc1nn(-c2ccc(F)cc2)c(C)c1C(=O)NC[C@H](c1ccccc1Cl)N1CCCC1. The largest absolute Gasteiger partial charge is 0.350 e. The maximum absolute atomic E-state index is 13.3. The Morgan fingerprint density at radius 2 is 1.81 bits per heavy atom. The summed E-state index contributed by atoms with van der Waals surface area (Å²) in [5, 5.41) is 8.33. The van der Waals surface area contributed by atoms with Gasteiger partial charge in [0.25, 0.3) is 5.91 Å². The van der Waals surface area contributed by atoms with Crippen molar-refractivity contribution in [1.29, 1.82) is 0 Å². The molecule has 4 rings (SSSR count). The first kappa shape index (κ1) is 21.5. The number of aromatic nitrogens is 2. The molecule has 0 unspecified atom stereocenters. The van der Waals surface area contributed by atoms with Gasteiger partial charge >= 0.3 is 0 Å². The minimum atomic E-state index is -0.309. The number of likely N-dealkylation sites (tertiary alicyclic amines) is 1. The van der Waals surface area contributed by atoms with Crippen molar-refractivity contribution in [2.24, 2.45) is 0 Å². The van der Waals surface area contributed by atoms with Crippen LogP contribution in [-0.2, 0) is 0 Å². The number of hydrogen-bond acceptors (Lipinski definition) is 3. The number of halogens is 2. The van der Waals surface area contributed by atoms with Crippen LogP contribution in [0.4, 0.5) is 4.39 Å². The van der Waals surface area contributed by atoms with Crippen molar-refractivity contribution >= 4 is 17.5 Å². The van der Waals surface area contributed by atoms with E-state index in [1.165, 1.54) is 12.1 Å². The van der Waals surface area contributed by atoms with Gasteiger partial charge in [0.2, 0.25) is 0 Å². The Kier molecular flexibility index (Phi) is 6.39. The van der Waals surface area contributed by atoms with Crippen LogP contribution in [0.1, 0.15) is 46.2 Å². The first-order chi connectivity index (χ1) is 15.0. The molecule has 1 aromatic heterocycles. The van der Waals surface area contributed by atoms with E-state index in [2.05, 4.69) is 15.3 Å². The van der Waals surface area contributed by atoms with E-state index < -0.39 is 0 Å². The molecule has 1 saturated heterocycles. The molecule has 0 radical (unpaired) electrons. The first-order valence-corrected chi connectivity index (χ1v) is 10.9. The van der Waals surface area contributed by atoms with Gasteiger partial charge in [0, 0.05) is 11.6 Å². The summed E-state index contributed by atoms with van der Waals surface area (Å²) in [4.78, 5) is 15.5. The Morgan fingerprint density at radius 3 is 2.48 bits per heavy atom. The van der Waals surface area contributed by atoms with Gasteiger partial charge in [0.15, 0.2) is 0 Å². The summed E-state index contributed by atoms with van der Waals surface area (Å²) in [7, 11) is 0. The molecule has 5 nitrogen and oxygen atoms in total. The van der Waals surface area contributed by atoms with Crippen molar-refractivity contribution in [3.8, 4) is 5.69 Å². The second-order valence-electron chi connectivity index (χ2n) is 7.92. The number of rotatable bonds is 6. The third-order valence-electron chi connectivity index (χ3n) is 5.89.